The molecule has 0 radical (unpaired) electrons. The van der Waals surface area contributed by atoms with E-state index in [-0.39, 0.29) is 11.3 Å². The Balaban J connectivity index is 1.89. The van der Waals surface area contributed by atoms with E-state index < -0.39 is 0 Å². The summed E-state index contributed by atoms with van der Waals surface area (Å²) in [5.41, 5.74) is 0.282. The Bertz CT molecular complexity index is 478. The van der Waals surface area contributed by atoms with Crippen molar-refractivity contribution in [3.05, 3.63) is 12.2 Å². The molecular weight excluding hydrogens is 240 g/mol. The Morgan fingerprint density at radius 3 is 2.89 bits per heavy atom. The molecule has 1 saturated heterocycles. The predicted octanol–water partition coefficient (Wildman–Crippen LogP) is 1.80. The van der Waals surface area contributed by atoms with Crippen molar-refractivity contribution in [3.8, 4) is 0 Å². The van der Waals surface area contributed by atoms with Gasteiger partial charge in [-0.25, -0.2) is 0 Å². The Kier molecular flexibility index (Phi) is 3.07. The molecule has 1 aliphatic heterocycles. The van der Waals surface area contributed by atoms with Gasteiger partial charge in [0.05, 0.1) is 0 Å². The zero-order valence-corrected chi connectivity index (χ0v) is 11.8. The standard InChI is InChI=1S/C14H22N4O/c1-3-7-17-10-15-16-13(17)12-8-18(11(2)19)9-14(12)5-4-6-14/h10,12H,3-9H2,1-2H3. The van der Waals surface area contributed by atoms with Gasteiger partial charge >= 0.3 is 0 Å². The van der Waals surface area contributed by atoms with Gasteiger partial charge in [0.2, 0.25) is 5.91 Å². The molecule has 0 bridgehead atoms. The summed E-state index contributed by atoms with van der Waals surface area (Å²) >= 11 is 0. The maximum Gasteiger partial charge on any atom is 0.219 e. The predicted molar refractivity (Wildman–Crippen MR) is 71.6 cm³/mol. The third-order valence-corrected chi connectivity index (χ3v) is 4.86. The summed E-state index contributed by atoms with van der Waals surface area (Å²) in [5.74, 6) is 1.65. The second-order valence-electron chi connectivity index (χ2n) is 6.05. The van der Waals surface area contributed by atoms with Crippen molar-refractivity contribution in [1.29, 1.82) is 0 Å². The van der Waals surface area contributed by atoms with E-state index in [1.165, 1.54) is 19.3 Å². The van der Waals surface area contributed by atoms with Gasteiger partial charge in [0.15, 0.2) is 0 Å². The van der Waals surface area contributed by atoms with Gasteiger partial charge in [0.25, 0.3) is 0 Å². The molecule has 104 valence electrons. The van der Waals surface area contributed by atoms with Gasteiger partial charge in [0, 0.05) is 32.5 Å². The fraction of sp³-hybridized carbons (Fsp3) is 0.786. The van der Waals surface area contributed by atoms with Gasteiger partial charge in [-0.05, 0) is 24.7 Å². The van der Waals surface area contributed by atoms with E-state index >= 15 is 0 Å². The summed E-state index contributed by atoms with van der Waals surface area (Å²) in [6, 6.07) is 0. The minimum Gasteiger partial charge on any atom is -0.342 e. The summed E-state index contributed by atoms with van der Waals surface area (Å²) in [7, 11) is 0. The molecule has 1 atom stereocenters. The molecule has 5 heteroatoms. The van der Waals surface area contributed by atoms with Crippen LogP contribution in [-0.2, 0) is 11.3 Å². The highest BCUT2D eigenvalue weighted by Gasteiger charge is 2.53. The van der Waals surface area contributed by atoms with Crippen molar-refractivity contribution in [2.75, 3.05) is 13.1 Å². The third-order valence-electron chi connectivity index (χ3n) is 4.86. The Hall–Kier alpha value is -1.39. The number of aromatic nitrogens is 3. The van der Waals surface area contributed by atoms with E-state index in [4.69, 9.17) is 0 Å². The number of nitrogens with zero attached hydrogens (tertiary/aromatic N) is 4. The van der Waals surface area contributed by atoms with Crippen molar-refractivity contribution in [2.24, 2.45) is 5.41 Å². The normalized spacial score (nSPS) is 24.7. The molecule has 1 saturated carbocycles. The molecule has 0 aromatic carbocycles. The highest BCUT2D eigenvalue weighted by molar-refractivity contribution is 5.74. The molecule has 5 nitrogen and oxygen atoms in total. The highest BCUT2D eigenvalue weighted by Crippen LogP contribution is 2.55. The molecule has 2 fully saturated rings. The highest BCUT2D eigenvalue weighted by atomic mass is 16.2. The van der Waals surface area contributed by atoms with Crippen LogP contribution in [0.4, 0.5) is 0 Å². The lowest BCUT2D eigenvalue weighted by Gasteiger charge is -2.42. The molecule has 1 aliphatic carbocycles. The molecule has 2 heterocycles. The molecule has 19 heavy (non-hydrogen) atoms. The SMILES string of the molecule is CCCn1cnnc1C1CN(C(C)=O)CC12CCC2. The minimum atomic E-state index is 0.190. The number of likely N-dealkylation sites (tertiary alicyclic amines) is 1. The van der Waals surface area contributed by atoms with Crippen LogP contribution in [0.15, 0.2) is 6.33 Å². The van der Waals surface area contributed by atoms with Crippen LogP contribution in [0.2, 0.25) is 0 Å². The van der Waals surface area contributed by atoms with Crippen LogP contribution < -0.4 is 0 Å². The number of rotatable bonds is 3. The molecule has 1 spiro atoms. The van der Waals surface area contributed by atoms with E-state index in [1.54, 1.807) is 6.92 Å². The molecule has 1 unspecified atom stereocenters. The Morgan fingerprint density at radius 2 is 2.32 bits per heavy atom. The summed E-state index contributed by atoms with van der Waals surface area (Å²) in [6.45, 7) is 6.53. The van der Waals surface area contributed by atoms with Crippen molar-refractivity contribution in [2.45, 2.75) is 52.0 Å². The monoisotopic (exact) mass is 262 g/mol. The van der Waals surface area contributed by atoms with Crippen molar-refractivity contribution < 1.29 is 4.79 Å². The molecule has 1 aromatic rings. The lowest BCUT2D eigenvalue weighted by atomic mass is 9.62. The minimum absolute atomic E-state index is 0.190. The van der Waals surface area contributed by atoms with Gasteiger partial charge < -0.3 is 9.47 Å². The van der Waals surface area contributed by atoms with Crippen LogP contribution in [0.25, 0.3) is 0 Å². The van der Waals surface area contributed by atoms with Gasteiger partial charge in [-0.1, -0.05) is 13.3 Å². The zero-order valence-electron chi connectivity index (χ0n) is 11.8. The van der Waals surface area contributed by atoms with E-state index in [9.17, 15) is 4.79 Å². The topological polar surface area (TPSA) is 51.0 Å². The van der Waals surface area contributed by atoms with E-state index in [1.807, 2.05) is 11.2 Å². The van der Waals surface area contributed by atoms with Gasteiger partial charge in [0.1, 0.15) is 12.2 Å². The quantitative estimate of drug-likeness (QED) is 0.834. The van der Waals surface area contributed by atoms with Crippen LogP contribution in [0.5, 0.6) is 0 Å². The van der Waals surface area contributed by atoms with Crippen LogP contribution in [0.1, 0.15) is 51.3 Å². The first-order valence-electron chi connectivity index (χ1n) is 7.29. The smallest absolute Gasteiger partial charge is 0.219 e. The Morgan fingerprint density at radius 1 is 1.53 bits per heavy atom. The second kappa shape index (κ2) is 4.62. The first kappa shape index (κ1) is 12.6. The molecule has 1 aromatic heterocycles. The average molecular weight is 262 g/mol. The number of carbonyl (C=O) groups excluding carboxylic acids is 1. The maximum absolute atomic E-state index is 11.7. The third kappa shape index (κ3) is 1.95. The number of carbonyl (C=O) groups is 1. The summed E-state index contributed by atoms with van der Waals surface area (Å²) in [5, 5.41) is 8.45. The number of amides is 1. The van der Waals surface area contributed by atoms with Crippen LogP contribution >= 0.6 is 0 Å². The summed E-state index contributed by atoms with van der Waals surface area (Å²) < 4.78 is 2.17. The second-order valence-corrected chi connectivity index (χ2v) is 6.05. The van der Waals surface area contributed by atoms with Crippen molar-refractivity contribution in [3.63, 3.8) is 0 Å². The lowest BCUT2D eigenvalue weighted by Crippen LogP contribution is -2.38. The van der Waals surface area contributed by atoms with Crippen molar-refractivity contribution in [1.82, 2.24) is 19.7 Å². The van der Waals surface area contributed by atoms with Crippen LogP contribution in [0, 0.1) is 5.41 Å². The van der Waals surface area contributed by atoms with Crippen LogP contribution in [-0.4, -0.2) is 38.7 Å². The fourth-order valence-corrected chi connectivity index (χ4v) is 3.65. The molecule has 1 amide bonds. The van der Waals surface area contributed by atoms with Gasteiger partial charge in [-0.3, -0.25) is 4.79 Å². The first-order valence-corrected chi connectivity index (χ1v) is 7.29. The van der Waals surface area contributed by atoms with Gasteiger partial charge in [-0.15, -0.1) is 10.2 Å². The molecular formula is C14H22N4O. The first-order chi connectivity index (χ1) is 9.16. The summed E-state index contributed by atoms with van der Waals surface area (Å²) in [4.78, 5) is 13.7. The Labute approximate surface area is 114 Å². The lowest BCUT2D eigenvalue weighted by molar-refractivity contribution is -0.128. The number of hydrogen-bond donors (Lipinski definition) is 0. The van der Waals surface area contributed by atoms with Gasteiger partial charge in [-0.2, -0.15) is 0 Å². The van der Waals surface area contributed by atoms with E-state index in [0.717, 1.165) is 31.9 Å². The van der Waals surface area contributed by atoms with Crippen molar-refractivity contribution >= 4 is 5.91 Å². The van der Waals surface area contributed by atoms with E-state index in [2.05, 4.69) is 21.7 Å². The average Bonchev–Trinajstić information content (AvgIpc) is 2.91. The largest absolute Gasteiger partial charge is 0.342 e. The zero-order chi connectivity index (χ0) is 13.5. The molecule has 2 aliphatic rings. The van der Waals surface area contributed by atoms with E-state index in [0.29, 0.717) is 5.92 Å². The van der Waals surface area contributed by atoms with Crippen LogP contribution in [0.3, 0.4) is 0 Å². The maximum atomic E-state index is 11.7. The summed E-state index contributed by atoms with van der Waals surface area (Å²) in [6.07, 6.45) is 6.65. The fourth-order valence-electron chi connectivity index (χ4n) is 3.65. The number of hydrogen-bond acceptors (Lipinski definition) is 3. The molecule has 3 rings (SSSR count). The molecule has 0 N–H and O–H groups in total. The number of aryl methyl sites for hydroxylation is 1.